The fraction of sp³-hybridized carbons (Fsp3) is 0.375. The van der Waals surface area contributed by atoms with Crippen molar-refractivity contribution in [3.8, 4) is 10.6 Å². The van der Waals surface area contributed by atoms with E-state index in [0.717, 1.165) is 23.8 Å². The minimum absolute atomic E-state index is 0.687. The van der Waals surface area contributed by atoms with Gasteiger partial charge in [0.25, 0.3) is 0 Å². The smallest absolute Gasteiger partial charge is 0.0944 e. The van der Waals surface area contributed by atoms with E-state index >= 15 is 0 Å². The molecule has 0 radical (unpaired) electrons. The van der Waals surface area contributed by atoms with E-state index in [0.29, 0.717) is 6.04 Å². The molecule has 150 valence electrons. The maximum Gasteiger partial charge on any atom is 0.0944 e. The van der Waals surface area contributed by atoms with Gasteiger partial charge >= 0.3 is 0 Å². The molecule has 0 atom stereocenters. The van der Waals surface area contributed by atoms with Crippen molar-refractivity contribution >= 4 is 27.9 Å². The summed E-state index contributed by atoms with van der Waals surface area (Å²) in [5.74, 6) is 0.848. The largest absolute Gasteiger partial charge is 0.355 e. The molecule has 29 heavy (non-hydrogen) atoms. The highest BCUT2D eigenvalue weighted by molar-refractivity contribution is 7.13. The van der Waals surface area contributed by atoms with Crippen LogP contribution in [-0.4, -0.2) is 48.1 Å². The summed E-state index contributed by atoms with van der Waals surface area (Å²) in [6, 6.07) is 13.8. The maximum atomic E-state index is 4.97. The molecule has 1 fully saturated rings. The zero-order chi connectivity index (χ0) is 20.0. The Hall–Kier alpha value is -2.37. The minimum atomic E-state index is 0.687. The molecule has 4 nitrogen and oxygen atoms in total. The van der Waals surface area contributed by atoms with E-state index in [1.165, 1.54) is 40.9 Å². The van der Waals surface area contributed by atoms with Crippen molar-refractivity contribution < 1.29 is 0 Å². The number of aryl methyl sites for hydroxylation is 1. The van der Waals surface area contributed by atoms with Crippen LogP contribution in [0.3, 0.4) is 0 Å². The van der Waals surface area contributed by atoms with Crippen molar-refractivity contribution in [1.82, 2.24) is 14.8 Å². The second-order valence-corrected chi connectivity index (χ2v) is 9.63. The Morgan fingerprint density at radius 1 is 1.14 bits per heavy atom. The van der Waals surface area contributed by atoms with Crippen LogP contribution < -0.4 is 4.90 Å². The molecule has 5 rings (SSSR count). The van der Waals surface area contributed by atoms with Gasteiger partial charge in [0.15, 0.2) is 0 Å². The summed E-state index contributed by atoms with van der Waals surface area (Å²) in [4.78, 5) is 13.3. The molecule has 3 aromatic rings. The molecule has 2 aliphatic rings. The van der Waals surface area contributed by atoms with Crippen LogP contribution in [0.4, 0.5) is 5.69 Å². The molecule has 3 heterocycles. The number of fused-ring (bicyclic) bond motifs is 1. The lowest BCUT2D eigenvalue weighted by atomic mass is 9.79. The normalized spacial score (nSPS) is 21.4. The van der Waals surface area contributed by atoms with Crippen LogP contribution in [0.25, 0.3) is 21.5 Å². The summed E-state index contributed by atoms with van der Waals surface area (Å²) in [6.45, 7) is 4.33. The van der Waals surface area contributed by atoms with Crippen LogP contribution >= 0.6 is 11.3 Å². The quantitative estimate of drug-likeness (QED) is 0.586. The highest BCUT2D eigenvalue weighted by Crippen LogP contribution is 2.35. The lowest BCUT2D eigenvalue weighted by Gasteiger charge is -2.42. The Balaban J connectivity index is 1.33. The van der Waals surface area contributed by atoms with Gasteiger partial charge in [-0.3, -0.25) is 0 Å². The molecule has 0 unspecified atom stereocenters. The molecule has 5 heteroatoms. The average Bonchev–Trinajstić information content (AvgIpc) is 3.35. The van der Waals surface area contributed by atoms with E-state index in [-0.39, 0.29) is 0 Å². The van der Waals surface area contributed by atoms with E-state index < -0.39 is 0 Å². The van der Waals surface area contributed by atoms with E-state index in [1.807, 2.05) is 0 Å². The predicted octanol–water partition coefficient (Wildman–Crippen LogP) is 5.16. The van der Waals surface area contributed by atoms with Gasteiger partial charge in [0.05, 0.1) is 22.8 Å². The fourth-order valence-corrected chi connectivity index (χ4v) is 5.28. The van der Waals surface area contributed by atoms with Crippen molar-refractivity contribution in [1.29, 1.82) is 0 Å². The van der Waals surface area contributed by atoms with Crippen LogP contribution in [0.2, 0.25) is 0 Å². The fourth-order valence-electron chi connectivity index (χ4n) is 4.60. The summed E-state index contributed by atoms with van der Waals surface area (Å²) >= 11 is 1.75. The Morgan fingerprint density at radius 2 is 2.00 bits per heavy atom. The van der Waals surface area contributed by atoms with Crippen LogP contribution in [0.15, 0.2) is 54.2 Å². The third-order valence-corrected chi connectivity index (χ3v) is 7.05. The number of aromatic nitrogens is 1. The number of benzene rings is 1. The summed E-state index contributed by atoms with van der Waals surface area (Å²) in [5.41, 5.74) is 4.65. The molecule has 0 bridgehead atoms. The van der Waals surface area contributed by atoms with Gasteiger partial charge in [-0.25, -0.2) is 4.98 Å². The van der Waals surface area contributed by atoms with Gasteiger partial charge in [-0.15, -0.1) is 11.3 Å². The Bertz CT molecular complexity index is 1030. The van der Waals surface area contributed by atoms with E-state index in [4.69, 9.17) is 4.98 Å². The van der Waals surface area contributed by atoms with Crippen molar-refractivity contribution in [2.24, 2.45) is 5.92 Å². The average molecular weight is 405 g/mol. The molecule has 0 spiro atoms. The topological polar surface area (TPSA) is 22.6 Å². The van der Waals surface area contributed by atoms with Crippen LogP contribution in [-0.2, 0) is 0 Å². The van der Waals surface area contributed by atoms with E-state index in [2.05, 4.69) is 89.9 Å². The van der Waals surface area contributed by atoms with Crippen molar-refractivity contribution in [2.75, 3.05) is 32.2 Å². The van der Waals surface area contributed by atoms with Crippen molar-refractivity contribution in [3.63, 3.8) is 0 Å². The number of nitrogens with zero attached hydrogens (tertiary/aromatic N) is 4. The van der Waals surface area contributed by atoms with Gasteiger partial charge in [-0.05, 0) is 75.0 Å². The number of rotatable bonds is 5. The number of hydrogen-bond donors (Lipinski definition) is 0. The molecule has 1 saturated carbocycles. The summed E-state index contributed by atoms with van der Waals surface area (Å²) < 4.78 is 0. The van der Waals surface area contributed by atoms with Crippen LogP contribution in [0.1, 0.15) is 18.4 Å². The van der Waals surface area contributed by atoms with Gasteiger partial charge in [0, 0.05) is 36.1 Å². The van der Waals surface area contributed by atoms with Gasteiger partial charge in [0.1, 0.15) is 0 Å². The molecule has 2 aromatic heterocycles. The first-order valence-corrected chi connectivity index (χ1v) is 11.3. The third kappa shape index (κ3) is 3.65. The number of thiophene rings is 1. The zero-order valence-electron chi connectivity index (χ0n) is 17.4. The molecule has 1 aliphatic heterocycles. The lowest BCUT2D eigenvalue weighted by Crippen LogP contribution is -2.45. The second-order valence-electron chi connectivity index (χ2n) is 8.68. The molecular formula is C24H28N4S. The molecule has 0 N–H and O–H groups in total. The molecule has 1 aliphatic carbocycles. The summed E-state index contributed by atoms with van der Waals surface area (Å²) in [5, 5.41) is 3.35. The molecule has 1 aromatic carbocycles. The first kappa shape index (κ1) is 18.6. The summed E-state index contributed by atoms with van der Waals surface area (Å²) in [7, 11) is 4.34. The summed E-state index contributed by atoms with van der Waals surface area (Å²) in [6.07, 6.45) is 7.09. The first-order valence-electron chi connectivity index (χ1n) is 10.4. The van der Waals surface area contributed by atoms with Gasteiger partial charge in [-0.1, -0.05) is 12.1 Å². The number of anilines is 1. The lowest BCUT2D eigenvalue weighted by molar-refractivity contribution is 0.105. The molecular weight excluding hydrogens is 376 g/mol. The number of pyridine rings is 1. The van der Waals surface area contributed by atoms with Crippen LogP contribution in [0.5, 0.6) is 0 Å². The molecule has 0 amide bonds. The predicted molar refractivity (Wildman–Crippen MR) is 123 cm³/mol. The SMILES string of the molecule is Cc1cc(-c2cccs2)nc2cc(N3C=CN(C4CC(CN(C)C)C4)C3)ccc12. The standard InChI is InChI=1S/C24H28N4S/c1-17-11-23(24-5-4-10-29-24)25-22-14-19(6-7-21(17)22)27-8-9-28(16-27)20-12-18(13-20)15-26(2)3/h4-11,14,18,20H,12-13,15-16H2,1-3H3. The van der Waals surface area contributed by atoms with Gasteiger partial charge < -0.3 is 14.7 Å². The highest BCUT2D eigenvalue weighted by Gasteiger charge is 2.34. The van der Waals surface area contributed by atoms with E-state index in [1.54, 1.807) is 11.3 Å². The monoisotopic (exact) mass is 404 g/mol. The number of hydrogen-bond acceptors (Lipinski definition) is 5. The van der Waals surface area contributed by atoms with Crippen molar-refractivity contribution in [2.45, 2.75) is 25.8 Å². The maximum absolute atomic E-state index is 4.97. The van der Waals surface area contributed by atoms with Gasteiger partial charge in [-0.2, -0.15) is 0 Å². The van der Waals surface area contributed by atoms with Gasteiger partial charge in [0.2, 0.25) is 0 Å². The zero-order valence-corrected chi connectivity index (χ0v) is 18.2. The van der Waals surface area contributed by atoms with Crippen LogP contribution in [0, 0.1) is 12.8 Å². The van der Waals surface area contributed by atoms with Crippen molar-refractivity contribution in [3.05, 3.63) is 59.7 Å². The second kappa shape index (κ2) is 7.47. The third-order valence-electron chi connectivity index (χ3n) is 6.16. The molecule has 0 saturated heterocycles. The first-order chi connectivity index (χ1) is 14.1. The Morgan fingerprint density at radius 3 is 2.76 bits per heavy atom. The Labute approximate surface area is 177 Å². The van der Waals surface area contributed by atoms with E-state index in [9.17, 15) is 0 Å². The minimum Gasteiger partial charge on any atom is -0.355 e. The highest BCUT2D eigenvalue weighted by atomic mass is 32.1. The Kier molecular flexibility index (Phi) is 4.80.